The van der Waals surface area contributed by atoms with Crippen LogP contribution >= 0.6 is 11.6 Å². The second-order valence-corrected chi connectivity index (χ2v) is 7.42. The zero-order valence-corrected chi connectivity index (χ0v) is 16.2. The quantitative estimate of drug-likeness (QED) is 0.535. The summed E-state index contributed by atoms with van der Waals surface area (Å²) < 4.78 is 1.95. The summed E-state index contributed by atoms with van der Waals surface area (Å²) in [5, 5.41) is 6.23. The monoisotopic (exact) mass is 393 g/mol. The van der Waals surface area contributed by atoms with Gasteiger partial charge >= 0.3 is 0 Å². The molecular formula is C20H20ClN7. The molecule has 0 spiro atoms. The minimum Gasteiger partial charge on any atom is -0.337 e. The number of hydrazine groups is 1. The molecule has 0 radical (unpaired) electrons. The lowest BCUT2D eigenvalue weighted by atomic mass is 10.2. The van der Waals surface area contributed by atoms with Gasteiger partial charge in [0.05, 0.1) is 16.9 Å². The van der Waals surface area contributed by atoms with Crippen LogP contribution in [0.15, 0.2) is 42.9 Å². The van der Waals surface area contributed by atoms with E-state index >= 15 is 0 Å². The first-order chi connectivity index (χ1) is 13.7. The zero-order chi connectivity index (χ0) is 19.1. The van der Waals surface area contributed by atoms with E-state index in [0.29, 0.717) is 10.8 Å². The van der Waals surface area contributed by atoms with Gasteiger partial charge in [-0.3, -0.25) is 4.40 Å². The third-order valence-corrected chi connectivity index (χ3v) is 5.36. The summed E-state index contributed by atoms with van der Waals surface area (Å²) in [5.74, 6) is 1.51. The molecule has 1 saturated heterocycles. The highest BCUT2D eigenvalue weighted by Gasteiger charge is 2.15. The number of benzene rings is 1. The van der Waals surface area contributed by atoms with E-state index in [-0.39, 0.29) is 0 Å². The van der Waals surface area contributed by atoms with Crippen molar-refractivity contribution >= 4 is 45.6 Å². The van der Waals surface area contributed by atoms with Crippen LogP contribution in [0.4, 0.5) is 17.3 Å². The molecule has 0 saturated carbocycles. The van der Waals surface area contributed by atoms with Gasteiger partial charge in [0.2, 0.25) is 0 Å². The second-order valence-electron chi connectivity index (χ2n) is 7.01. The van der Waals surface area contributed by atoms with Crippen LogP contribution in [0.3, 0.4) is 0 Å². The summed E-state index contributed by atoms with van der Waals surface area (Å²) in [7, 11) is 0. The van der Waals surface area contributed by atoms with Gasteiger partial charge in [-0.25, -0.2) is 20.0 Å². The Morgan fingerprint density at radius 2 is 1.93 bits per heavy atom. The van der Waals surface area contributed by atoms with E-state index in [4.69, 9.17) is 21.6 Å². The molecule has 0 unspecified atom stereocenters. The number of para-hydroxylation sites is 1. The van der Waals surface area contributed by atoms with Gasteiger partial charge in [-0.15, -0.1) is 0 Å². The van der Waals surface area contributed by atoms with Gasteiger partial charge in [0.25, 0.3) is 0 Å². The van der Waals surface area contributed by atoms with Crippen LogP contribution in [0, 0.1) is 6.92 Å². The predicted molar refractivity (Wildman–Crippen MR) is 112 cm³/mol. The molecule has 2 N–H and O–H groups in total. The largest absolute Gasteiger partial charge is 0.337 e. The Morgan fingerprint density at radius 1 is 1.07 bits per heavy atom. The fourth-order valence-electron chi connectivity index (χ4n) is 3.58. The summed E-state index contributed by atoms with van der Waals surface area (Å²) >= 11 is 6.39. The lowest BCUT2D eigenvalue weighted by Crippen LogP contribution is -2.26. The molecule has 0 bridgehead atoms. The first-order valence-corrected chi connectivity index (χ1v) is 9.73. The Bertz CT molecular complexity index is 1140. The molecule has 1 fully saturated rings. The average Bonchev–Trinajstić information content (AvgIpc) is 3.37. The maximum absolute atomic E-state index is 6.39. The van der Waals surface area contributed by atoms with Gasteiger partial charge in [-0.1, -0.05) is 23.7 Å². The summed E-state index contributed by atoms with van der Waals surface area (Å²) in [6, 6.07) is 9.75. The molecule has 8 heteroatoms. The highest BCUT2D eigenvalue weighted by atomic mass is 35.5. The maximum atomic E-state index is 6.39. The molecule has 4 aromatic rings. The zero-order valence-electron chi connectivity index (χ0n) is 15.5. The van der Waals surface area contributed by atoms with Crippen molar-refractivity contribution in [1.29, 1.82) is 0 Å². The van der Waals surface area contributed by atoms with Crippen LogP contribution in [-0.2, 0) is 0 Å². The van der Waals surface area contributed by atoms with Crippen LogP contribution in [0.5, 0.6) is 0 Å². The number of hydrogen-bond donors (Lipinski definition) is 2. The van der Waals surface area contributed by atoms with Crippen molar-refractivity contribution in [2.75, 3.05) is 23.8 Å². The Labute approximate surface area is 167 Å². The van der Waals surface area contributed by atoms with Crippen molar-refractivity contribution < 1.29 is 0 Å². The van der Waals surface area contributed by atoms with Gasteiger partial charge < -0.3 is 10.7 Å². The molecule has 5 rings (SSSR count). The van der Waals surface area contributed by atoms with E-state index in [0.717, 1.165) is 46.8 Å². The SMILES string of the molecule is Cc1cccc(Cl)c1Nc1nc2ccc(NN3CCCC3)nc2n2cncc12. The summed E-state index contributed by atoms with van der Waals surface area (Å²) in [4.78, 5) is 13.9. The highest BCUT2D eigenvalue weighted by molar-refractivity contribution is 6.33. The average molecular weight is 394 g/mol. The van der Waals surface area contributed by atoms with Crippen molar-refractivity contribution in [2.45, 2.75) is 19.8 Å². The fourth-order valence-corrected chi connectivity index (χ4v) is 3.85. The lowest BCUT2D eigenvalue weighted by molar-refractivity contribution is 0.408. The second kappa shape index (κ2) is 6.92. The maximum Gasteiger partial charge on any atom is 0.167 e. The van der Waals surface area contributed by atoms with E-state index in [1.807, 2.05) is 41.7 Å². The number of nitrogens with one attached hydrogen (secondary N) is 2. The topological polar surface area (TPSA) is 70.4 Å². The predicted octanol–water partition coefficient (Wildman–Crippen LogP) is 4.41. The van der Waals surface area contributed by atoms with E-state index in [1.54, 1.807) is 12.5 Å². The number of hydrogen-bond acceptors (Lipinski definition) is 6. The third-order valence-electron chi connectivity index (χ3n) is 5.04. The molecule has 1 aliphatic rings. The first-order valence-electron chi connectivity index (χ1n) is 9.35. The van der Waals surface area contributed by atoms with Crippen molar-refractivity contribution in [1.82, 2.24) is 24.4 Å². The van der Waals surface area contributed by atoms with E-state index < -0.39 is 0 Å². The number of imidazole rings is 1. The van der Waals surface area contributed by atoms with Crippen molar-refractivity contribution in [3.63, 3.8) is 0 Å². The van der Waals surface area contributed by atoms with Crippen LogP contribution in [0.25, 0.3) is 16.7 Å². The Balaban J connectivity index is 1.58. The van der Waals surface area contributed by atoms with Crippen molar-refractivity contribution in [3.05, 3.63) is 53.4 Å². The van der Waals surface area contributed by atoms with Crippen molar-refractivity contribution in [2.24, 2.45) is 0 Å². The lowest BCUT2D eigenvalue weighted by Gasteiger charge is -2.17. The van der Waals surface area contributed by atoms with Gasteiger partial charge in [0.1, 0.15) is 23.2 Å². The number of rotatable bonds is 4. The van der Waals surface area contributed by atoms with Crippen LogP contribution < -0.4 is 10.7 Å². The fraction of sp³-hybridized carbons (Fsp3) is 0.250. The molecule has 1 aromatic carbocycles. The highest BCUT2D eigenvalue weighted by Crippen LogP contribution is 2.31. The summed E-state index contributed by atoms with van der Waals surface area (Å²) in [6.45, 7) is 4.09. The molecule has 4 heterocycles. The van der Waals surface area contributed by atoms with Crippen LogP contribution in [-0.4, -0.2) is 37.5 Å². The number of pyridine rings is 1. The Morgan fingerprint density at radius 3 is 2.75 bits per heavy atom. The van der Waals surface area contributed by atoms with Gasteiger partial charge in [0, 0.05) is 13.1 Å². The minimum absolute atomic E-state index is 0.655. The first kappa shape index (κ1) is 17.2. The third kappa shape index (κ3) is 3.02. The van der Waals surface area contributed by atoms with Crippen LogP contribution in [0.1, 0.15) is 18.4 Å². The number of fused-ring (bicyclic) bond motifs is 3. The molecule has 28 heavy (non-hydrogen) atoms. The molecule has 0 atom stereocenters. The molecule has 142 valence electrons. The molecule has 3 aromatic heterocycles. The molecule has 0 amide bonds. The van der Waals surface area contributed by atoms with Gasteiger partial charge in [-0.2, -0.15) is 0 Å². The molecule has 0 aliphatic carbocycles. The van der Waals surface area contributed by atoms with E-state index in [1.165, 1.54) is 12.8 Å². The number of anilines is 3. The summed E-state index contributed by atoms with van der Waals surface area (Å²) in [6.07, 6.45) is 5.97. The van der Waals surface area contributed by atoms with E-state index in [9.17, 15) is 0 Å². The number of halogens is 1. The number of nitrogens with zero attached hydrogens (tertiary/aromatic N) is 5. The molecule has 7 nitrogen and oxygen atoms in total. The normalized spacial score (nSPS) is 14.8. The number of aryl methyl sites for hydroxylation is 1. The number of aromatic nitrogens is 4. The Kier molecular flexibility index (Phi) is 4.26. The smallest absolute Gasteiger partial charge is 0.167 e. The van der Waals surface area contributed by atoms with Gasteiger partial charge in [-0.05, 0) is 43.5 Å². The van der Waals surface area contributed by atoms with Crippen LogP contribution in [0.2, 0.25) is 5.02 Å². The molecule has 1 aliphatic heterocycles. The van der Waals surface area contributed by atoms with Crippen molar-refractivity contribution in [3.8, 4) is 0 Å². The Hall–Kier alpha value is -2.90. The van der Waals surface area contributed by atoms with E-state index in [2.05, 4.69) is 20.7 Å². The minimum atomic E-state index is 0.655. The standard InChI is InChI=1S/C20H20ClN7/c1-13-5-4-6-14(21)18(13)25-19-16-11-22-12-28(16)20-15(23-19)7-8-17(24-20)26-27-9-2-3-10-27/h4-8,11-12H,2-3,9-10H2,1H3,(H,23,25)(H,24,26). The van der Waals surface area contributed by atoms with Gasteiger partial charge in [0.15, 0.2) is 11.5 Å². The summed E-state index contributed by atoms with van der Waals surface area (Å²) in [5.41, 5.74) is 7.67. The molecular weight excluding hydrogens is 374 g/mol.